The van der Waals surface area contributed by atoms with Crippen molar-refractivity contribution in [3.05, 3.63) is 53.6 Å². The van der Waals surface area contributed by atoms with Gasteiger partial charge in [-0.1, -0.05) is 33.4 Å². The Morgan fingerprint density at radius 1 is 1.12 bits per heavy atom. The summed E-state index contributed by atoms with van der Waals surface area (Å²) in [6.45, 7) is 18.6. The summed E-state index contributed by atoms with van der Waals surface area (Å²) >= 11 is 5.54. The van der Waals surface area contributed by atoms with Crippen LogP contribution in [0.2, 0.25) is 5.15 Å². The van der Waals surface area contributed by atoms with E-state index < -0.39 is 30.0 Å². The molecule has 2 saturated heterocycles. The lowest BCUT2D eigenvalue weighted by Crippen LogP contribution is -2.41. The van der Waals surface area contributed by atoms with Gasteiger partial charge in [0.25, 0.3) is 0 Å². The fraction of sp³-hybridized carbons (Fsp3) is 0.633. The normalized spacial score (nSPS) is 20.3. The summed E-state index contributed by atoms with van der Waals surface area (Å²) in [7, 11) is -0.536. The van der Waals surface area contributed by atoms with Crippen molar-refractivity contribution in [3.8, 4) is 0 Å². The molecule has 240 valence electrons. The predicted molar refractivity (Wildman–Crippen MR) is 173 cm³/mol. The maximum Gasteiger partial charge on any atom is 0.498 e. The van der Waals surface area contributed by atoms with Gasteiger partial charge in [0, 0.05) is 48.1 Å². The quantitative estimate of drug-likeness (QED) is 0.325. The number of aromatic amines is 1. The Labute approximate surface area is 263 Å². The fourth-order valence-electron chi connectivity index (χ4n) is 4.16. The number of aromatic nitrogens is 6. The van der Waals surface area contributed by atoms with E-state index in [1.54, 1.807) is 24.8 Å². The number of ether oxygens (including phenoxy) is 1. The van der Waals surface area contributed by atoms with Gasteiger partial charge in [-0.25, -0.2) is 9.78 Å². The number of halogens is 1. The average Bonchev–Trinajstić information content (AvgIpc) is 3.62. The number of hydrogen-bond acceptors (Lipinski definition) is 9. The first-order valence-corrected chi connectivity index (χ1v) is 14.3. The molecule has 13 heteroatoms. The van der Waals surface area contributed by atoms with Crippen molar-refractivity contribution >= 4 is 30.3 Å². The molecule has 5 heterocycles. The van der Waals surface area contributed by atoms with Crippen LogP contribution in [0.25, 0.3) is 0 Å². The molecule has 2 unspecified atom stereocenters. The number of H-pyrrole nitrogens is 1. The van der Waals surface area contributed by atoms with Gasteiger partial charge < -0.3 is 19.4 Å². The molecule has 2 fully saturated rings. The van der Waals surface area contributed by atoms with Gasteiger partial charge in [-0.15, -0.1) is 0 Å². The lowest BCUT2D eigenvalue weighted by Gasteiger charge is -2.32. The Hall–Kier alpha value is -2.80. The van der Waals surface area contributed by atoms with Gasteiger partial charge in [-0.2, -0.15) is 14.9 Å². The largest absolute Gasteiger partial charge is 0.498 e. The van der Waals surface area contributed by atoms with Crippen LogP contribution in [0.1, 0.15) is 100 Å². The molecule has 5 rings (SSSR count). The van der Waals surface area contributed by atoms with Gasteiger partial charge in [-0.3, -0.25) is 10.1 Å². The number of hydrogen-bond donors (Lipinski definition) is 2. The second-order valence-corrected chi connectivity index (χ2v) is 12.7. The van der Waals surface area contributed by atoms with Gasteiger partial charge >= 0.3 is 13.2 Å². The molecule has 0 spiro atoms. The molecule has 2 atom stereocenters. The highest BCUT2D eigenvalue weighted by Crippen LogP contribution is 2.36. The maximum atomic E-state index is 11.9. The highest BCUT2D eigenvalue weighted by atomic mass is 35.5. The number of aryl methyl sites for hydroxylation is 1. The summed E-state index contributed by atoms with van der Waals surface area (Å²) in [6, 6.07) is 0.512. The minimum Gasteiger partial charge on any atom is -0.442 e. The van der Waals surface area contributed by atoms with E-state index in [2.05, 4.69) is 37.5 Å². The van der Waals surface area contributed by atoms with Crippen molar-refractivity contribution in [2.24, 2.45) is 5.92 Å². The van der Waals surface area contributed by atoms with Crippen LogP contribution in [0, 0.1) is 12.8 Å². The minimum atomic E-state index is -0.562. The van der Waals surface area contributed by atoms with E-state index in [1.807, 2.05) is 67.8 Å². The van der Waals surface area contributed by atoms with E-state index in [9.17, 15) is 4.79 Å². The third kappa shape index (κ3) is 10.7. The number of nitrogens with zero attached hydrogens (tertiary/aromatic N) is 5. The Morgan fingerprint density at radius 2 is 1.74 bits per heavy atom. The number of carbonyl (C=O) groups is 1. The van der Waals surface area contributed by atoms with E-state index in [0.717, 1.165) is 22.8 Å². The first kappa shape index (κ1) is 38.2. The molecule has 2 aliphatic heterocycles. The lowest BCUT2D eigenvalue weighted by molar-refractivity contribution is 0.00578. The van der Waals surface area contributed by atoms with Gasteiger partial charge in [0.1, 0.15) is 10.8 Å². The first-order valence-electron chi connectivity index (χ1n) is 13.9. The van der Waals surface area contributed by atoms with Crippen molar-refractivity contribution in [1.29, 1.82) is 0 Å². The van der Waals surface area contributed by atoms with Crippen LogP contribution in [0.4, 0.5) is 4.79 Å². The zero-order valence-electron chi connectivity index (χ0n) is 25.6. The van der Waals surface area contributed by atoms with Gasteiger partial charge in [0.2, 0.25) is 0 Å². The third-order valence-corrected chi connectivity index (χ3v) is 7.55. The SMILES string of the molecule is C.C.CC(C)(C)OC(=O)n1cc(B2OC(C)(C)C(C)(C)O2)cn1.CC1CCCNC1c1cn[nH]c1.Cc1nccnc1Cl. The van der Waals surface area contributed by atoms with Crippen molar-refractivity contribution in [2.75, 3.05) is 6.54 Å². The van der Waals surface area contributed by atoms with E-state index in [0.29, 0.717) is 16.7 Å². The first-order chi connectivity index (χ1) is 19.1. The lowest BCUT2D eigenvalue weighted by atomic mass is 9.82. The smallest absolute Gasteiger partial charge is 0.442 e. The Morgan fingerprint density at radius 3 is 2.23 bits per heavy atom. The molecule has 0 radical (unpaired) electrons. The summed E-state index contributed by atoms with van der Waals surface area (Å²) in [5, 5.41) is 14.8. The van der Waals surface area contributed by atoms with Crippen LogP contribution in [-0.2, 0) is 14.0 Å². The van der Waals surface area contributed by atoms with Gasteiger partial charge in [-0.05, 0) is 80.7 Å². The van der Waals surface area contributed by atoms with Crippen LogP contribution in [-0.4, -0.2) is 66.5 Å². The summed E-state index contributed by atoms with van der Waals surface area (Å²) in [5.41, 5.74) is 1.35. The number of piperidine rings is 1. The Kier molecular flexibility index (Phi) is 14.0. The molecule has 3 aromatic rings. The Balaban J connectivity index is 0.000000354. The molecule has 3 aromatic heterocycles. The van der Waals surface area contributed by atoms with E-state index in [-0.39, 0.29) is 14.9 Å². The summed E-state index contributed by atoms with van der Waals surface area (Å²) in [6.07, 6.45) is 12.3. The van der Waals surface area contributed by atoms with Gasteiger partial charge in [0.15, 0.2) is 0 Å². The maximum absolute atomic E-state index is 11.9. The fourth-order valence-corrected chi connectivity index (χ4v) is 4.27. The van der Waals surface area contributed by atoms with E-state index in [1.165, 1.54) is 18.4 Å². The molecule has 43 heavy (non-hydrogen) atoms. The molecular weight excluding hydrogens is 569 g/mol. The monoisotopic (exact) mass is 619 g/mol. The summed E-state index contributed by atoms with van der Waals surface area (Å²) < 4.78 is 18.3. The van der Waals surface area contributed by atoms with Crippen molar-refractivity contribution in [1.82, 2.24) is 35.3 Å². The molecule has 0 bridgehead atoms. The molecule has 0 aromatic carbocycles. The van der Waals surface area contributed by atoms with Crippen LogP contribution in [0.15, 0.2) is 37.2 Å². The van der Waals surface area contributed by atoms with Crippen LogP contribution >= 0.6 is 11.6 Å². The summed E-state index contributed by atoms with van der Waals surface area (Å²) in [4.78, 5) is 19.6. The highest BCUT2D eigenvalue weighted by molar-refractivity contribution is 6.62. The standard InChI is InChI=1S/C14H23BN2O4.C9H15N3.C5H5ClN2.2CH4/c1-12(2,3)19-11(18)17-9-10(8-16-17)15-20-13(4,5)14(6,7)21-15;1-7-3-2-4-10-9(7)8-5-11-12-6-8;1-4-5(6)8-3-2-7-4;;/h8-9H,1-7H3;5-7,9-10H,2-4H2,1H3,(H,11,12);2-3H,1H3;2*1H4. The molecule has 0 saturated carbocycles. The molecule has 11 nitrogen and oxygen atoms in total. The van der Waals surface area contributed by atoms with Crippen molar-refractivity contribution < 1.29 is 18.8 Å². The number of nitrogens with one attached hydrogen (secondary N) is 2. The van der Waals surface area contributed by atoms with E-state index >= 15 is 0 Å². The van der Waals surface area contributed by atoms with Crippen LogP contribution in [0.3, 0.4) is 0 Å². The molecule has 2 aliphatic rings. The average molecular weight is 620 g/mol. The number of rotatable bonds is 2. The number of carbonyl (C=O) groups excluding carboxylic acids is 1. The zero-order chi connectivity index (χ0) is 30.4. The minimum absolute atomic E-state index is 0. The summed E-state index contributed by atoms with van der Waals surface area (Å²) in [5.74, 6) is 0.733. The van der Waals surface area contributed by atoms with Gasteiger partial charge in [0.05, 0.1) is 23.1 Å². The molecule has 0 aliphatic carbocycles. The topological polar surface area (TPSA) is 129 Å². The van der Waals surface area contributed by atoms with Crippen molar-refractivity contribution in [2.45, 2.75) is 113 Å². The van der Waals surface area contributed by atoms with Crippen LogP contribution in [0.5, 0.6) is 0 Å². The molecule has 0 amide bonds. The van der Waals surface area contributed by atoms with Crippen molar-refractivity contribution in [3.63, 3.8) is 0 Å². The van der Waals surface area contributed by atoms with Crippen LogP contribution < -0.4 is 10.8 Å². The zero-order valence-corrected chi connectivity index (χ0v) is 26.3. The second kappa shape index (κ2) is 15.8. The third-order valence-electron chi connectivity index (χ3n) is 7.18. The highest BCUT2D eigenvalue weighted by Gasteiger charge is 2.52. The predicted octanol–water partition coefficient (Wildman–Crippen LogP) is 6.15. The Bertz CT molecular complexity index is 1220. The second-order valence-electron chi connectivity index (χ2n) is 12.3. The molecular formula is C30H51BClN7O4. The molecule has 2 N–H and O–H groups in total. The van der Waals surface area contributed by atoms with E-state index in [4.69, 9.17) is 25.6 Å².